The highest BCUT2D eigenvalue weighted by Crippen LogP contribution is 2.32. The van der Waals surface area contributed by atoms with Crippen LogP contribution >= 0.6 is 0 Å². The Morgan fingerprint density at radius 2 is 2.12 bits per heavy atom. The fraction of sp³-hybridized carbons (Fsp3) is 0.471. The number of hydrogen-bond donors (Lipinski definition) is 0. The Kier molecular flexibility index (Phi) is 3.84. The summed E-state index contributed by atoms with van der Waals surface area (Å²) in [5.74, 6) is 2.58. The van der Waals surface area contributed by atoms with Crippen molar-refractivity contribution in [1.29, 1.82) is 0 Å². The van der Waals surface area contributed by atoms with E-state index in [-0.39, 0.29) is 18.4 Å². The zero-order valence-corrected chi connectivity index (χ0v) is 13.5. The van der Waals surface area contributed by atoms with Gasteiger partial charge in [-0.25, -0.2) is 0 Å². The Balaban J connectivity index is 1.45. The minimum Gasteiger partial charge on any atom is -0.485 e. The average Bonchev–Trinajstić information content (AvgIpc) is 3.07. The maximum absolute atomic E-state index is 12.8. The number of carbonyl (C=O) groups is 1. The minimum absolute atomic E-state index is 0.0468. The molecule has 2 atom stereocenters. The summed E-state index contributed by atoms with van der Waals surface area (Å²) in [6.45, 7) is 3.30. The second-order valence-corrected chi connectivity index (χ2v) is 6.16. The molecule has 0 unspecified atom stereocenters. The lowest BCUT2D eigenvalue weighted by molar-refractivity contribution is -0.142. The molecule has 7 nitrogen and oxygen atoms in total. The first-order valence-corrected chi connectivity index (χ1v) is 8.18. The fourth-order valence-corrected chi connectivity index (χ4v) is 3.21. The molecular formula is C17H19N3O4. The lowest BCUT2D eigenvalue weighted by Gasteiger charge is -2.35. The van der Waals surface area contributed by atoms with Crippen LogP contribution in [0.4, 0.5) is 0 Å². The van der Waals surface area contributed by atoms with Gasteiger partial charge in [0.2, 0.25) is 12.0 Å². The Morgan fingerprint density at radius 1 is 1.29 bits per heavy atom. The van der Waals surface area contributed by atoms with Crippen LogP contribution in [0, 0.1) is 6.92 Å². The first-order chi connectivity index (χ1) is 11.7. The largest absolute Gasteiger partial charge is 0.485 e. The van der Waals surface area contributed by atoms with Crippen LogP contribution in [-0.4, -0.2) is 46.7 Å². The number of likely N-dealkylation sites (tertiary alicyclic amines) is 1. The first kappa shape index (κ1) is 15.0. The number of amides is 1. The molecule has 126 valence electrons. The third kappa shape index (κ3) is 2.81. The van der Waals surface area contributed by atoms with Crippen molar-refractivity contribution in [2.75, 3.05) is 19.7 Å². The van der Waals surface area contributed by atoms with Crippen molar-refractivity contribution < 1.29 is 18.8 Å². The van der Waals surface area contributed by atoms with Crippen LogP contribution in [0.5, 0.6) is 11.5 Å². The number of hydrogen-bond acceptors (Lipinski definition) is 6. The molecule has 1 aromatic heterocycles. The first-order valence-electron chi connectivity index (χ1n) is 8.18. The van der Waals surface area contributed by atoms with Gasteiger partial charge in [0.1, 0.15) is 6.61 Å². The highest BCUT2D eigenvalue weighted by molar-refractivity contribution is 5.82. The molecule has 0 spiro atoms. The molecule has 2 aliphatic heterocycles. The van der Waals surface area contributed by atoms with E-state index in [4.69, 9.17) is 14.0 Å². The second-order valence-electron chi connectivity index (χ2n) is 6.16. The van der Waals surface area contributed by atoms with Gasteiger partial charge in [-0.2, -0.15) is 4.98 Å². The molecular weight excluding hydrogens is 310 g/mol. The van der Waals surface area contributed by atoms with Crippen LogP contribution in [0.3, 0.4) is 0 Å². The van der Waals surface area contributed by atoms with Gasteiger partial charge in [-0.3, -0.25) is 4.79 Å². The Morgan fingerprint density at radius 3 is 2.92 bits per heavy atom. The summed E-state index contributed by atoms with van der Waals surface area (Å²) in [6, 6.07) is 7.40. The molecule has 4 rings (SSSR count). The van der Waals surface area contributed by atoms with E-state index in [0.29, 0.717) is 36.3 Å². The highest BCUT2D eigenvalue weighted by atomic mass is 16.6. The van der Waals surface area contributed by atoms with E-state index in [0.717, 1.165) is 12.8 Å². The third-order valence-corrected chi connectivity index (χ3v) is 4.43. The lowest BCUT2D eigenvalue weighted by atomic mass is 9.97. The van der Waals surface area contributed by atoms with Crippen LogP contribution in [0.2, 0.25) is 0 Å². The summed E-state index contributed by atoms with van der Waals surface area (Å²) in [7, 11) is 0. The van der Waals surface area contributed by atoms with Crippen molar-refractivity contribution in [3.8, 4) is 11.5 Å². The van der Waals surface area contributed by atoms with Gasteiger partial charge in [-0.05, 0) is 25.0 Å². The molecule has 0 radical (unpaired) electrons. The normalized spacial score (nSPS) is 23.1. The number of nitrogens with zero attached hydrogens (tertiary/aromatic N) is 3. The molecule has 3 heterocycles. The van der Waals surface area contributed by atoms with Gasteiger partial charge in [0.15, 0.2) is 17.3 Å². The van der Waals surface area contributed by atoms with Crippen LogP contribution in [0.15, 0.2) is 28.8 Å². The lowest BCUT2D eigenvalue weighted by Crippen LogP contribution is -2.49. The summed E-state index contributed by atoms with van der Waals surface area (Å²) in [5, 5.41) is 4.00. The summed E-state index contributed by atoms with van der Waals surface area (Å²) in [5.41, 5.74) is 0. The number of benzene rings is 1. The van der Waals surface area contributed by atoms with Crippen molar-refractivity contribution >= 4 is 5.91 Å². The van der Waals surface area contributed by atoms with E-state index < -0.39 is 6.10 Å². The van der Waals surface area contributed by atoms with Gasteiger partial charge < -0.3 is 18.9 Å². The zero-order chi connectivity index (χ0) is 16.5. The van der Waals surface area contributed by atoms with Gasteiger partial charge in [-0.1, -0.05) is 17.3 Å². The van der Waals surface area contributed by atoms with E-state index in [9.17, 15) is 4.79 Å². The number of carbonyl (C=O) groups excluding carboxylic acids is 1. The Bertz CT molecular complexity index is 745. The van der Waals surface area contributed by atoms with E-state index >= 15 is 0 Å². The molecule has 7 heteroatoms. The maximum Gasteiger partial charge on any atom is 0.267 e. The van der Waals surface area contributed by atoms with Crippen molar-refractivity contribution in [1.82, 2.24) is 15.0 Å². The summed E-state index contributed by atoms with van der Waals surface area (Å²) >= 11 is 0. The van der Waals surface area contributed by atoms with Gasteiger partial charge in [-0.15, -0.1) is 0 Å². The molecule has 24 heavy (non-hydrogen) atoms. The summed E-state index contributed by atoms with van der Waals surface area (Å²) < 4.78 is 16.5. The van der Waals surface area contributed by atoms with Crippen LogP contribution in [0.25, 0.3) is 0 Å². The molecule has 1 aromatic carbocycles. The average molecular weight is 329 g/mol. The van der Waals surface area contributed by atoms with E-state index in [1.54, 1.807) is 6.92 Å². The molecule has 2 aliphatic rings. The number of rotatable bonds is 2. The summed E-state index contributed by atoms with van der Waals surface area (Å²) in [4.78, 5) is 18.9. The predicted molar refractivity (Wildman–Crippen MR) is 83.9 cm³/mol. The monoisotopic (exact) mass is 329 g/mol. The number of ether oxygens (including phenoxy) is 2. The van der Waals surface area contributed by atoms with Crippen LogP contribution in [-0.2, 0) is 4.79 Å². The number of fused-ring (bicyclic) bond motifs is 1. The van der Waals surface area contributed by atoms with Gasteiger partial charge in [0.25, 0.3) is 5.91 Å². The molecule has 1 fully saturated rings. The number of piperidine rings is 1. The maximum atomic E-state index is 12.8. The second kappa shape index (κ2) is 6.14. The van der Waals surface area contributed by atoms with Crippen molar-refractivity contribution in [2.24, 2.45) is 0 Å². The van der Waals surface area contributed by atoms with Crippen molar-refractivity contribution in [2.45, 2.75) is 31.8 Å². The fourth-order valence-electron chi connectivity index (χ4n) is 3.21. The highest BCUT2D eigenvalue weighted by Gasteiger charge is 2.34. The topological polar surface area (TPSA) is 77.7 Å². The minimum atomic E-state index is -0.606. The number of aromatic nitrogens is 2. The van der Waals surface area contributed by atoms with Crippen molar-refractivity contribution in [3.63, 3.8) is 0 Å². The van der Waals surface area contributed by atoms with Crippen LogP contribution < -0.4 is 9.47 Å². The molecule has 1 saturated heterocycles. The van der Waals surface area contributed by atoms with Gasteiger partial charge in [0, 0.05) is 25.9 Å². The number of para-hydroxylation sites is 2. The number of aryl methyl sites for hydroxylation is 1. The standard InChI is InChI=1S/C17H19N3O4/c1-11-18-16(19-24-11)12-5-4-8-20(9-12)17(21)15-10-22-13-6-2-3-7-14(13)23-15/h2-3,6-7,12,15H,4-5,8-10H2,1H3/t12-,15+/m0/s1. The van der Waals surface area contributed by atoms with Gasteiger partial charge in [0.05, 0.1) is 0 Å². The Labute approximate surface area is 139 Å². The SMILES string of the molecule is Cc1nc([C@H]2CCCN(C(=O)[C@H]3COc4ccccc4O3)C2)no1. The molecule has 0 N–H and O–H groups in total. The van der Waals surface area contributed by atoms with E-state index in [1.807, 2.05) is 29.2 Å². The smallest absolute Gasteiger partial charge is 0.267 e. The van der Waals surface area contributed by atoms with E-state index in [1.165, 1.54) is 0 Å². The predicted octanol–water partition coefficient (Wildman–Crippen LogP) is 1.92. The molecule has 1 amide bonds. The third-order valence-electron chi connectivity index (χ3n) is 4.43. The molecule has 0 bridgehead atoms. The van der Waals surface area contributed by atoms with Gasteiger partial charge >= 0.3 is 0 Å². The van der Waals surface area contributed by atoms with Crippen molar-refractivity contribution in [3.05, 3.63) is 36.0 Å². The van der Waals surface area contributed by atoms with E-state index in [2.05, 4.69) is 10.1 Å². The zero-order valence-electron chi connectivity index (χ0n) is 13.5. The molecule has 2 aromatic rings. The molecule has 0 saturated carbocycles. The summed E-state index contributed by atoms with van der Waals surface area (Å²) in [6.07, 6.45) is 1.26. The quantitative estimate of drug-likeness (QED) is 0.838. The van der Waals surface area contributed by atoms with Crippen LogP contribution in [0.1, 0.15) is 30.5 Å². The molecule has 0 aliphatic carbocycles. The Hall–Kier alpha value is -2.57.